The second-order valence-electron chi connectivity index (χ2n) is 3.22. The van der Waals surface area contributed by atoms with Crippen molar-refractivity contribution in [2.24, 2.45) is 0 Å². The van der Waals surface area contributed by atoms with Gasteiger partial charge < -0.3 is 9.84 Å². The first-order valence-corrected chi connectivity index (χ1v) is 5.69. The van der Waals surface area contributed by atoms with Crippen molar-refractivity contribution >= 4 is 23.4 Å². The Balaban J connectivity index is 2.00. The summed E-state index contributed by atoms with van der Waals surface area (Å²) in [5.74, 6) is 0. The van der Waals surface area contributed by atoms with E-state index in [1.165, 1.54) is 0 Å². The molecule has 2 atom stereocenters. The van der Waals surface area contributed by atoms with Gasteiger partial charge in [0.2, 0.25) is 0 Å². The van der Waals surface area contributed by atoms with Crippen molar-refractivity contribution in [3.05, 3.63) is 29.3 Å². The monoisotopic (exact) mass is 230 g/mol. The third-order valence-corrected chi connectivity index (χ3v) is 3.65. The Morgan fingerprint density at radius 3 is 2.57 bits per heavy atom. The van der Waals surface area contributed by atoms with E-state index in [0.717, 1.165) is 9.92 Å². The van der Waals surface area contributed by atoms with Crippen molar-refractivity contribution < 1.29 is 9.84 Å². The summed E-state index contributed by atoms with van der Waals surface area (Å²) in [5.41, 5.74) is 0. The molecule has 0 spiro atoms. The van der Waals surface area contributed by atoms with Gasteiger partial charge in [0.15, 0.2) is 0 Å². The van der Waals surface area contributed by atoms with Gasteiger partial charge in [0, 0.05) is 9.92 Å². The SMILES string of the molecule is O[C@@H]1COC[C@H]1Sc1ccc(Cl)cc1. The molecule has 2 nitrogen and oxygen atoms in total. The molecule has 1 heterocycles. The Hall–Kier alpha value is -0.220. The molecule has 1 N–H and O–H groups in total. The van der Waals surface area contributed by atoms with E-state index < -0.39 is 0 Å². The Labute approximate surface area is 92.2 Å². The molecule has 0 saturated carbocycles. The Morgan fingerprint density at radius 2 is 2.00 bits per heavy atom. The molecule has 0 aromatic heterocycles. The number of aliphatic hydroxyl groups excluding tert-OH is 1. The Morgan fingerprint density at radius 1 is 1.29 bits per heavy atom. The van der Waals surface area contributed by atoms with Gasteiger partial charge in [0.05, 0.1) is 24.6 Å². The van der Waals surface area contributed by atoms with Crippen molar-refractivity contribution in [2.75, 3.05) is 13.2 Å². The lowest BCUT2D eigenvalue weighted by Crippen LogP contribution is -2.19. The van der Waals surface area contributed by atoms with Gasteiger partial charge in [-0.25, -0.2) is 0 Å². The maximum absolute atomic E-state index is 9.53. The summed E-state index contributed by atoms with van der Waals surface area (Å²) >= 11 is 7.41. The molecule has 1 aromatic carbocycles. The predicted octanol–water partition coefficient (Wildman–Crippen LogP) is 2.19. The average Bonchev–Trinajstić information content (AvgIpc) is 2.56. The minimum absolute atomic E-state index is 0.149. The van der Waals surface area contributed by atoms with Crippen molar-refractivity contribution in [2.45, 2.75) is 16.2 Å². The first-order chi connectivity index (χ1) is 6.75. The molecule has 1 aliphatic rings. The summed E-state index contributed by atoms with van der Waals surface area (Å²) in [6, 6.07) is 7.62. The fourth-order valence-electron chi connectivity index (χ4n) is 1.32. The smallest absolute Gasteiger partial charge is 0.0917 e. The molecule has 1 aromatic rings. The molecule has 0 radical (unpaired) electrons. The van der Waals surface area contributed by atoms with Gasteiger partial charge in [-0.15, -0.1) is 11.8 Å². The van der Waals surface area contributed by atoms with Gasteiger partial charge >= 0.3 is 0 Å². The van der Waals surface area contributed by atoms with E-state index in [4.69, 9.17) is 16.3 Å². The molecule has 0 unspecified atom stereocenters. The van der Waals surface area contributed by atoms with Gasteiger partial charge in [-0.1, -0.05) is 11.6 Å². The van der Waals surface area contributed by atoms with Crippen LogP contribution in [0, 0.1) is 0 Å². The molecule has 1 aliphatic heterocycles. The molecule has 1 fully saturated rings. The van der Waals surface area contributed by atoms with Gasteiger partial charge in [-0.3, -0.25) is 0 Å². The molecule has 0 aliphatic carbocycles. The molecule has 0 bridgehead atoms. The fourth-order valence-corrected chi connectivity index (χ4v) is 2.49. The van der Waals surface area contributed by atoms with Crippen LogP contribution in [0.2, 0.25) is 5.02 Å². The number of aliphatic hydroxyl groups is 1. The van der Waals surface area contributed by atoms with Crippen molar-refractivity contribution in [3.63, 3.8) is 0 Å². The van der Waals surface area contributed by atoms with Crippen LogP contribution in [0.4, 0.5) is 0 Å². The van der Waals surface area contributed by atoms with Gasteiger partial charge in [-0.05, 0) is 24.3 Å². The van der Waals surface area contributed by atoms with Crippen LogP contribution in [-0.2, 0) is 4.74 Å². The van der Waals surface area contributed by atoms with Crippen LogP contribution in [0.25, 0.3) is 0 Å². The molecule has 14 heavy (non-hydrogen) atoms. The number of hydrogen-bond acceptors (Lipinski definition) is 3. The van der Waals surface area contributed by atoms with Crippen LogP contribution in [0.3, 0.4) is 0 Å². The minimum Gasteiger partial charge on any atom is -0.389 e. The molecular formula is C10H11ClO2S. The summed E-state index contributed by atoms with van der Waals surface area (Å²) in [5, 5.41) is 10.4. The third-order valence-electron chi connectivity index (χ3n) is 2.10. The largest absolute Gasteiger partial charge is 0.389 e. The first-order valence-electron chi connectivity index (χ1n) is 4.44. The standard InChI is InChI=1S/C10H11ClO2S/c11-7-1-3-8(4-2-7)14-10-6-13-5-9(10)12/h1-4,9-10,12H,5-6H2/t9-,10-/m1/s1. The maximum atomic E-state index is 9.53. The quantitative estimate of drug-likeness (QED) is 0.845. The van der Waals surface area contributed by atoms with Gasteiger partial charge in [-0.2, -0.15) is 0 Å². The number of halogens is 1. The highest BCUT2D eigenvalue weighted by molar-refractivity contribution is 8.00. The topological polar surface area (TPSA) is 29.5 Å². The van der Waals surface area contributed by atoms with E-state index in [9.17, 15) is 5.11 Å². The van der Waals surface area contributed by atoms with Gasteiger partial charge in [0.1, 0.15) is 0 Å². The second kappa shape index (κ2) is 4.53. The number of thioether (sulfide) groups is 1. The average molecular weight is 231 g/mol. The molecule has 2 rings (SSSR count). The molecule has 0 amide bonds. The lowest BCUT2D eigenvalue weighted by molar-refractivity contribution is 0.127. The zero-order valence-corrected chi connectivity index (χ0v) is 9.09. The lowest BCUT2D eigenvalue weighted by Gasteiger charge is -2.11. The summed E-state index contributed by atoms with van der Waals surface area (Å²) in [7, 11) is 0. The number of rotatable bonds is 2. The molecular weight excluding hydrogens is 220 g/mol. The molecule has 4 heteroatoms. The summed E-state index contributed by atoms with van der Waals surface area (Å²) in [6.07, 6.45) is -0.351. The van der Waals surface area contributed by atoms with E-state index in [2.05, 4.69) is 0 Å². The van der Waals surface area contributed by atoms with E-state index >= 15 is 0 Å². The fraction of sp³-hybridized carbons (Fsp3) is 0.400. The van der Waals surface area contributed by atoms with Crippen LogP contribution < -0.4 is 0 Å². The predicted molar refractivity (Wildman–Crippen MR) is 57.9 cm³/mol. The number of hydrogen-bond donors (Lipinski definition) is 1. The Kier molecular flexibility index (Phi) is 3.34. The van der Waals surface area contributed by atoms with E-state index in [1.807, 2.05) is 24.3 Å². The summed E-state index contributed by atoms with van der Waals surface area (Å²) < 4.78 is 5.17. The Bertz CT molecular complexity index is 301. The van der Waals surface area contributed by atoms with Crippen LogP contribution >= 0.6 is 23.4 Å². The number of ether oxygens (including phenoxy) is 1. The molecule has 1 saturated heterocycles. The van der Waals surface area contributed by atoms with E-state index in [1.54, 1.807) is 11.8 Å². The normalized spacial score (nSPS) is 26.7. The van der Waals surface area contributed by atoms with Crippen LogP contribution in [0.5, 0.6) is 0 Å². The highest BCUT2D eigenvalue weighted by Gasteiger charge is 2.26. The highest BCUT2D eigenvalue weighted by Crippen LogP contribution is 2.29. The summed E-state index contributed by atoms with van der Waals surface area (Å²) in [4.78, 5) is 1.11. The van der Waals surface area contributed by atoms with Crippen molar-refractivity contribution in [3.8, 4) is 0 Å². The summed E-state index contributed by atoms with van der Waals surface area (Å²) in [6.45, 7) is 1.07. The second-order valence-corrected chi connectivity index (χ2v) is 4.96. The van der Waals surface area contributed by atoms with E-state index in [-0.39, 0.29) is 11.4 Å². The molecule has 76 valence electrons. The van der Waals surface area contributed by atoms with Gasteiger partial charge in [0.25, 0.3) is 0 Å². The number of benzene rings is 1. The van der Waals surface area contributed by atoms with Crippen LogP contribution in [-0.4, -0.2) is 29.7 Å². The first kappa shape index (κ1) is 10.3. The third kappa shape index (κ3) is 2.42. The maximum Gasteiger partial charge on any atom is 0.0917 e. The van der Waals surface area contributed by atoms with Crippen molar-refractivity contribution in [1.82, 2.24) is 0 Å². The lowest BCUT2D eigenvalue weighted by atomic mass is 10.3. The highest BCUT2D eigenvalue weighted by atomic mass is 35.5. The van der Waals surface area contributed by atoms with E-state index in [0.29, 0.717) is 13.2 Å². The van der Waals surface area contributed by atoms with Crippen LogP contribution in [0.15, 0.2) is 29.2 Å². The van der Waals surface area contributed by atoms with Crippen LogP contribution in [0.1, 0.15) is 0 Å². The zero-order valence-electron chi connectivity index (χ0n) is 7.52. The zero-order chi connectivity index (χ0) is 9.97. The van der Waals surface area contributed by atoms with Crippen molar-refractivity contribution in [1.29, 1.82) is 0 Å². The minimum atomic E-state index is -0.351.